The Balaban J connectivity index is 0.000000385. The summed E-state index contributed by atoms with van der Waals surface area (Å²) in [5.41, 5.74) is 1.94. The molecule has 2 heterocycles. The van der Waals surface area contributed by atoms with Crippen LogP contribution in [0.25, 0.3) is 53.3 Å². The second-order valence-corrected chi connectivity index (χ2v) is 22.5. The van der Waals surface area contributed by atoms with Crippen LogP contribution in [-0.4, -0.2) is 23.9 Å². The fourth-order valence-corrected chi connectivity index (χ4v) is 10.3. The number of benzene rings is 4. The van der Waals surface area contributed by atoms with Gasteiger partial charge >= 0.3 is 0 Å². The Bertz CT molecular complexity index is 2410. The monoisotopic (exact) mass is 991 g/mol. The van der Waals surface area contributed by atoms with Crippen molar-refractivity contribution in [2.24, 2.45) is 11.8 Å². The average molecular weight is 991 g/mol. The number of hydrogen-bond acceptors (Lipinski definition) is 4. The Morgan fingerprint density at radius 3 is 1.93 bits per heavy atom. The largest absolute Gasteiger partial charge is 0.512 e. The van der Waals surface area contributed by atoms with Crippen molar-refractivity contribution < 1.29 is 47.6 Å². The Morgan fingerprint density at radius 1 is 0.807 bits per heavy atom. The number of allylic oxidation sites excluding steroid dienone is 2. The van der Waals surface area contributed by atoms with Crippen molar-refractivity contribution in [3.05, 3.63) is 108 Å². The fraction of sp³-hybridized carbons (Fsp3) is 0.362. The summed E-state index contributed by atoms with van der Waals surface area (Å²) in [4.78, 5) is 16.4. The molecule has 1 N–H and O–H groups in total. The minimum Gasteiger partial charge on any atom is -0.512 e. The van der Waals surface area contributed by atoms with Gasteiger partial charge in [0.15, 0.2) is 29.1 Å². The van der Waals surface area contributed by atoms with E-state index in [1.54, 1.807) is 31.9 Å². The van der Waals surface area contributed by atoms with Crippen LogP contribution in [0.4, 0.5) is 17.6 Å². The van der Waals surface area contributed by atoms with Crippen LogP contribution < -0.4 is 5.19 Å². The number of aromatic nitrogens is 1. The maximum atomic E-state index is 15.6. The minimum atomic E-state index is -2.71. The molecule has 4 aromatic carbocycles. The summed E-state index contributed by atoms with van der Waals surface area (Å²) >= 11 is 1.31. The minimum absolute atomic E-state index is 0. The van der Waals surface area contributed by atoms with Crippen LogP contribution >= 0.6 is 11.3 Å². The summed E-state index contributed by atoms with van der Waals surface area (Å²) in [5, 5.41) is 13.0. The van der Waals surface area contributed by atoms with Gasteiger partial charge < -0.3 is 5.11 Å². The molecular formula is C47H52F4IrNO2SSi-. The zero-order chi connectivity index (χ0) is 41.3. The molecule has 6 aromatic rings. The van der Waals surface area contributed by atoms with Crippen LogP contribution in [0.2, 0.25) is 19.6 Å². The topological polar surface area (TPSA) is 50.2 Å². The molecule has 0 aliphatic carbocycles. The number of aliphatic hydroxyl groups is 1. The Hall–Kier alpha value is -3.69. The number of halogens is 4. The van der Waals surface area contributed by atoms with E-state index in [1.807, 2.05) is 58.0 Å². The van der Waals surface area contributed by atoms with Gasteiger partial charge in [-0.1, -0.05) is 115 Å². The summed E-state index contributed by atoms with van der Waals surface area (Å²) in [6.07, 6.45) is 6.61. The van der Waals surface area contributed by atoms with Crippen molar-refractivity contribution in [3.8, 4) is 22.4 Å². The third kappa shape index (κ3) is 9.30. The molecule has 0 fully saturated rings. The molecule has 305 valence electrons. The number of hydrogen-bond donors (Lipinski definition) is 1. The molecule has 0 saturated carbocycles. The smallest absolute Gasteiger partial charge is 0.169 e. The predicted molar refractivity (Wildman–Crippen MR) is 230 cm³/mol. The molecule has 57 heavy (non-hydrogen) atoms. The van der Waals surface area contributed by atoms with Gasteiger partial charge in [-0.2, -0.15) is 0 Å². The SMILES string of the molecule is CC(C)(C)c1cc(-c2nccc3c2sc2c(-c4c(F)c(F)c([Si](C)(C)C)c(F)c4F)cccc23)[c-]c2ccccc12.CCC(CC)C(=O)/C=C(\O)C(CC)CC.[Ir]. The summed E-state index contributed by atoms with van der Waals surface area (Å²) in [5.74, 6) is -4.78. The van der Waals surface area contributed by atoms with E-state index < -0.39 is 42.1 Å². The van der Waals surface area contributed by atoms with Gasteiger partial charge in [-0.15, -0.1) is 40.5 Å². The Labute approximate surface area is 353 Å². The molecule has 0 aliphatic heterocycles. The second-order valence-electron chi connectivity index (χ2n) is 16.5. The number of ketones is 1. The fourth-order valence-electron chi connectivity index (χ4n) is 7.40. The standard InChI is InChI=1S/C34H28F4NSSi.C13H24O2.Ir/c1-34(2,3)24-17-19(16-18-10-7-8-11-20(18)24)30-32-22(14-15-39-30)21-12-9-13-23(31(21)40-32)25-26(35)28(37)33(41(4,5)6)29(38)27(25)36;1-5-10(6-2)12(14)9-13(15)11(7-3)8-4;/h7-15,17H,1-6H3;9-11,14H,5-8H2,1-4H3;/q-1;;/b;12-9-;. The molecular weight excluding hydrogens is 939 g/mol. The summed E-state index contributed by atoms with van der Waals surface area (Å²) in [6, 6.07) is 20.6. The van der Waals surface area contributed by atoms with E-state index in [2.05, 4.69) is 39.0 Å². The molecule has 0 bridgehead atoms. The third-order valence-electron chi connectivity index (χ3n) is 10.6. The van der Waals surface area contributed by atoms with Crippen LogP contribution in [0.15, 0.2) is 72.6 Å². The van der Waals surface area contributed by atoms with Crippen LogP contribution in [-0.2, 0) is 30.3 Å². The molecule has 3 nitrogen and oxygen atoms in total. The number of carbonyl (C=O) groups excluding carboxylic acids is 1. The van der Waals surface area contributed by atoms with Gasteiger partial charge in [0.2, 0.25) is 0 Å². The van der Waals surface area contributed by atoms with Crippen molar-refractivity contribution in [1.29, 1.82) is 0 Å². The van der Waals surface area contributed by atoms with Crippen LogP contribution in [0, 0.1) is 41.2 Å². The number of aliphatic hydroxyl groups excluding tert-OH is 1. The number of pyridine rings is 1. The molecule has 0 aliphatic rings. The summed E-state index contributed by atoms with van der Waals surface area (Å²) in [7, 11) is -2.71. The van der Waals surface area contributed by atoms with Gasteiger partial charge in [-0.05, 0) is 42.6 Å². The average Bonchev–Trinajstić information content (AvgIpc) is 3.54. The first-order valence-corrected chi connectivity index (χ1v) is 23.8. The first-order valence-electron chi connectivity index (χ1n) is 19.5. The zero-order valence-corrected chi connectivity index (χ0v) is 38.6. The van der Waals surface area contributed by atoms with Gasteiger partial charge in [0.25, 0.3) is 0 Å². The summed E-state index contributed by atoms with van der Waals surface area (Å²) < 4.78 is 63.1. The molecule has 10 heteroatoms. The van der Waals surface area contributed by atoms with Crippen molar-refractivity contribution >= 4 is 61.3 Å². The maximum Gasteiger partial charge on any atom is 0.169 e. The molecule has 1 radical (unpaired) electrons. The maximum absolute atomic E-state index is 15.6. The Morgan fingerprint density at radius 2 is 1.37 bits per heavy atom. The van der Waals surface area contributed by atoms with E-state index in [4.69, 9.17) is 4.98 Å². The quantitative estimate of drug-likeness (QED) is 0.0372. The predicted octanol–water partition coefficient (Wildman–Crippen LogP) is 14.0. The number of nitrogens with zero attached hydrogens (tertiary/aromatic N) is 1. The molecule has 0 atom stereocenters. The van der Waals surface area contributed by atoms with Crippen molar-refractivity contribution in [1.82, 2.24) is 4.98 Å². The van der Waals surface area contributed by atoms with E-state index in [1.165, 1.54) is 23.5 Å². The van der Waals surface area contributed by atoms with Crippen LogP contribution in [0.5, 0.6) is 0 Å². The first-order chi connectivity index (χ1) is 26.4. The number of carbonyl (C=O) groups is 1. The van der Waals surface area contributed by atoms with Gasteiger partial charge in [0.1, 0.15) is 0 Å². The van der Waals surface area contributed by atoms with Gasteiger partial charge in [-0.25, -0.2) is 17.6 Å². The van der Waals surface area contributed by atoms with Gasteiger partial charge in [-0.3, -0.25) is 9.78 Å². The van der Waals surface area contributed by atoms with Crippen LogP contribution in [0.1, 0.15) is 79.7 Å². The van der Waals surface area contributed by atoms with Crippen LogP contribution in [0.3, 0.4) is 0 Å². The van der Waals surface area contributed by atoms with E-state index in [-0.39, 0.29) is 54.5 Å². The van der Waals surface area contributed by atoms with Crippen molar-refractivity contribution in [3.63, 3.8) is 0 Å². The number of fused-ring (bicyclic) bond motifs is 4. The molecule has 0 amide bonds. The van der Waals surface area contributed by atoms with Gasteiger partial charge in [0.05, 0.1) is 19.4 Å². The molecule has 6 rings (SSSR count). The molecule has 0 spiro atoms. The molecule has 0 saturated heterocycles. The number of rotatable bonds is 10. The van der Waals surface area contributed by atoms with E-state index in [0.717, 1.165) is 63.1 Å². The van der Waals surface area contributed by atoms with Crippen molar-refractivity contribution in [2.45, 2.75) is 99.2 Å². The second kappa shape index (κ2) is 18.5. The normalized spacial score (nSPS) is 12.4. The Kier molecular flexibility index (Phi) is 14.9. The molecule has 2 aromatic heterocycles. The van der Waals surface area contributed by atoms with E-state index in [0.29, 0.717) is 10.4 Å². The zero-order valence-electron chi connectivity index (χ0n) is 34.4. The third-order valence-corrected chi connectivity index (χ3v) is 13.8. The van der Waals surface area contributed by atoms with Crippen molar-refractivity contribution in [2.75, 3.05) is 0 Å². The van der Waals surface area contributed by atoms with Gasteiger partial charge in [0, 0.05) is 75.4 Å². The summed E-state index contributed by atoms with van der Waals surface area (Å²) in [6.45, 7) is 19.5. The van der Waals surface area contributed by atoms with E-state index >= 15 is 17.6 Å². The first kappa shape index (κ1) is 46.0. The molecule has 0 unspecified atom stereocenters. The van der Waals surface area contributed by atoms with E-state index in [9.17, 15) is 9.90 Å². The number of thiophene rings is 1.